The molecule has 7 nitrogen and oxygen atoms in total. The largest absolute Gasteiger partial charge is 0.497 e. The van der Waals surface area contributed by atoms with Crippen molar-refractivity contribution in [1.82, 2.24) is 15.1 Å². The van der Waals surface area contributed by atoms with Gasteiger partial charge in [0.2, 0.25) is 5.91 Å². The van der Waals surface area contributed by atoms with Gasteiger partial charge in [0, 0.05) is 13.6 Å². The van der Waals surface area contributed by atoms with E-state index in [0.29, 0.717) is 24.3 Å². The van der Waals surface area contributed by atoms with Crippen LogP contribution in [0.3, 0.4) is 0 Å². The van der Waals surface area contributed by atoms with Crippen molar-refractivity contribution in [3.8, 4) is 5.75 Å². The molecule has 1 heterocycles. The second-order valence-electron chi connectivity index (χ2n) is 7.73. The molecule has 4 amide bonds. The quantitative estimate of drug-likeness (QED) is 0.662. The number of rotatable bonds is 8. The molecule has 1 aliphatic heterocycles. The van der Waals surface area contributed by atoms with Crippen LogP contribution in [0.5, 0.6) is 5.75 Å². The third-order valence-corrected chi connectivity index (χ3v) is 5.86. The minimum atomic E-state index is -1.18. The molecule has 1 N–H and O–H groups in total. The van der Waals surface area contributed by atoms with Crippen molar-refractivity contribution in [1.29, 1.82) is 0 Å². The highest BCUT2D eigenvalue weighted by atomic mass is 16.5. The fraction of sp³-hybridized carbons (Fsp3) is 0.375. The summed E-state index contributed by atoms with van der Waals surface area (Å²) in [5, 5.41) is 2.80. The van der Waals surface area contributed by atoms with Crippen molar-refractivity contribution in [2.75, 3.05) is 20.7 Å². The molecule has 2 aromatic rings. The van der Waals surface area contributed by atoms with Gasteiger partial charge in [0.05, 0.1) is 7.11 Å². The lowest BCUT2D eigenvalue weighted by Gasteiger charge is -2.26. The molecule has 7 heteroatoms. The van der Waals surface area contributed by atoms with Gasteiger partial charge in [0.25, 0.3) is 5.91 Å². The second-order valence-corrected chi connectivity index (χ2v) is 7.73. The van der Waals surface area contributed by atoms with Crippen LogP contribution in [0.1, 0.15) is 37.0 Å². The van der Waals surface area contributed by atoms with E-state index in [1.807, 2.05) is 31.2 Å². The van der Waals surface area contributed by atoms with E-state index in [2.05, 4.69) is 12.2 Å². The molecule has 164 valence electrons. The van der Waals surface area contributed by atoms with Crippen LogP contribution in [-0.2, 0) is 28.1 Å². The number of urea groups is 1. The standard InChI is InChI=1S/C24H29N3O4/c1-5-17-7-9-18(10-8-17)15-26(3)21(28)16-27-22(29)24(6-2,25-23(27)30)19-11-13-20(31-4)14-12-19/h7-14H,5-6,15-16H2,1-4H3,(H,25,30)/t24-/m1/s1. The van der Waals surface area contributed by atoms with E-state index in [9.17, 15) is 14.4 Å². The molecule has 0 unspecified atom stereocenters. The normalized spacial score (nSPS) is 18.1. The Hall–Kier alpha value is -3.35. The first-order valence-electron chi connectivity index (χ1n) is 10.4. The number of carbonyl (C=O) groups excluding carboxylic acids is 3. The first kappa shape index (κ1) is 22.3. The maximum Gasteiger partial charge on any atom is 0.325 e. The first-order valence-corrected chi connectivity index (χ1v) is 10.4. The van der Waals surface area contributed by atoms with Crippen LogP contribution in [0.25, 0.3) is 0 Å². The topological polar surface area (TPSA) is 79.0 Å². The van der Waals surface area contributed by atoms with Crippen molar-refractivity contribution in [3.05, 3.63) is 65.2 Å². The molecule has 1 aliphatic rings. The number of hydrogen-bond donors (Lipinski definition) is 1. The van der Waals surface area contributed by atoms with Gasteiger partial charge < -0.3 is 15.0 Å². The van der Waals surface area contributed by atoms with E-state index in [1.165, 1.54) is 10.5 Å². The van der Waals surface area contributed by atoms with Crippen molar-refractivity contribution >= 4 is 17.8 Å². The van der Waals surface area contributed by atoms with Crippen LogP contribution in [-0.4, -0.2) is 48.3 Å². The van der Waals surface area contributed by atoms with Gasteiger partial charge >= 0.3 is 6.03 Å². The Morgan fingerprint density at radius 2 is 1.65 bits per heavy atom. The number of benzene rings is 2. The molecular weight excluding hydrogens is 394 g/mol. The maximum atomic E-state index is 13.3. The predicted octanol–water partition coefficient (Wildman–Crippen LogP) is 3.07. The average molecular weight is 424 g/mol. The van der Waals surface area contributed by atoms with Crippen LogP contribution < -0.4 is 10.1 Å². The van der Waals surface area contributed by atoms with E-state index >= 15 is 0 Å². The van der Waals surface area contributed by atoms with E-state index in [1.54, 1.807) is 38.4 Å². The van der Waals surface area contributed by atoms with Crippen molar-refractivity contribution < 1.29 is 19.1 Å². The number of methoxy groups -OCH3 is 1. The Morgan fingerprint density at radius 1 is 1.03 bits per heavy atom. The van der Waals surface area contributed by atoms with Gasteiger partial charge in [0.15, 0.2) is 0 Å². The number of carbonyl (C=O) groups is 3. The smallest absolute Gasteiger partial charge is 0.325 e. The zero-order valence-corrected chi connectivity index (χ0v) is 18.5. The van der Waals surface area contributed by atoms with Gasteiger partial charge in [-0.1, -0.05) is 50.2 Å². The molecule has 0 radical (unpaired) electrons. The molecule has 1 fully saturated rings. The fourth-order valence-electron chi connectivity index (χ4n) is 3.78. The Bertz CT molecular complexity index is 956. The van der Waals surface area contributed by atoms with Crippen LogP contribution in [0.2, 0.25) is 0 Å². The summed E-state index contributed by atoms with van der Waals surface area (Å²) in [6.07, 6.45) is 1.32. The van der Waals surface area contributed by atoms with E-state index in [-0.39, 0.29) is 12.5 Å². The lowest BCUT2D eigenvalue weighted by molar-refractivity contribution is -0.138. The summed E-state index contributed by atoms with van der Waals surface area (Å²) in [7, 11) is 3.24. The van der Waals surface area contributed by atoms with Gasteiger partial charge in [-0.2, -0.15) is 0 Å². The van der Waals surface area contributed by atoms with Gasteiger partial charge in [-0.3, -0.25) is 14.5 Å². The summed E-state index contributed by atoms with van der Waals surface area (Å²) in [4.78, 5) is 41.2. The van der Waals surface area contributed by atoms with Crippen molar-refractivity contribution in [2.45, 2.75) is 38.8 Å². The molecule has 0 saturated carbocycles. The van der Waals surface area contributed by atoms with Crippen LogP contribution >= 0.6 is 0 Å². The Kier molecular flexibility index (Phi) is 6.63. The highest BCUT2D eigenvalue weighted by Crippen LogP contribution is 2.33. The summed E-state index contributed by atoms with van der Waals surface area (Å²) in [6.45, 7) is 4.03. The molecule has 3 rings (SSSR count). The second kappa shape index (κ2) is 9.20. The summed E-state index contributed by atoms with van der Waals surface area (Å²) in [5.74, 6) is -0.0590. The van der Waals surface area contributed by atoms with Gasteiger partial charge in [-0.05, 0) is 41.7 Å². The molecule has 31 heavy (non-hydrogen) atoms. The Morgan fingerprint density at radius 3 is 2.19 bits per heavy atom. The highest BCUT2D eigenvalue weighted by Gasteiger charge is 2.51. The number of nitrogens with zero attached hydrogens (tertiary/aromatic N) is 2. The predicted molar refractivity (Wildman–Crippen MR) is 118 cm³/mol. The number of nitrogens with one attached hydrogen (secondary N) is 1. The third kappa shape index (κ3) is 4.40. The summed E-state index contributed by atoms with van der Waals surface area (Å²) in [6, 6.07) is 14.5. The van der Waals surface area contributed by atoms with Gasteiger partial charge in [-0.25, -0.2) is 4.79 Å². The molecule has 1 saturated heterocycles. The summed E-state index contributed by atoms with van der Waals surface area (Å²) in [5.41, 5.74) is 1.70. The highest BCUT2D eigenvalue weighted by molar-refractivity contribution is 6.09. The van der Waals surface area contributed by atoms with E-state index in [4.69, 9.17) is 4.74 Å². The SMILES string of the molecule is CCc1ccc(CN(C)C(=O)CN2C(=O)N[C@](CC)(c3ccc(OC)cc3)C2=O)cc1. The summed E-state index contributed by atoms with van der Waals surface area (Å²) >= 11 is 0. The average Bonchev–Trinajstić information content (AvgIpc) is 3.04. The number of aryl methyl sites for hydroxylation is 1. The number of imide groups is 1. The lowest BCUT2D eigenvalue weighted by Crippen LogP contribution is -2.45. The molecule has 0 aliphatic carbocycles. The van der Waals surface area contributed by atoms with E-state index in [0.717, 1.165) is 16.9 Å². The van der Waals surface area contributed by atoms with E-state index < -0.39 is 17.5 Å². The van der Waals surface area contributed by atoms with Crippen LogP contribution in [0.15, 0.2) is 48.5 Å². The van der Waals surface area contributed by atoms with Crippen LogP contribution in [0, 0.1) is 0 Å². The zero-order chi connectivity index (χ0) is 22.6. The number of ether oxygens (including phenoxy) is 1. The van der Waals surface area contributed by atoms with Crippen LogP contribution in [0.4, 0.5) is 4.79 Å². The molecule has 1 atom stereocenters. The summed E-state index contributed by atoms with van der Waals surface area (Å²) < 4.78 is 5.18. The zero-order valence-electron chi connectivity index (χ0n) is 18.5. The minimum absolute atomic E-state index is 0.299. The number of likely N-dealkylation sites (N-methyl/N-ethyl adjacent to an activating group) is 1. The molecular formula is C24H29N3O4. The molecule has 0 spiro atoms. The molecule has 2 aromatic carbocycles. The molecule has 0 bridgehead atoms. The lowest BCUT2D eigenvalue weighted by atomic mass is 9.87. The molecule has 0 aromatic heterocycles. The minimum Gasteiger partial charge on any atom is -0.497 e. The first-order chi connectivity index (χ1) is 14.8. The number of hydrogen-bond acceptors (Lipinski definition) is 4. The van der Waals surface area contributed by atoms with Gasteiger partial charge in [-0.15, -0.1) is 0 Å². The third-order valence-electron chi connectivity index (χ3n) is 5.86. The Labute approximate surface area is 183 Å². The number of amides is 4. The van der Waals surface area contributed by atoms with Crippen molar-refractivity contribution in [3.63, 3.8) is 0 Å². The fourth-order valence-corrected chi connectivity index (χ4v) is 3.78. The van der Waals surface area contributed by atoms with Gasteiger partial charge in [0.1, 0.15) is 17.8 Å². The Balaban J connectivity index is 1.72. The van der Waals surface area contributed by atoms with Crippen molar-refractivity contribution in [2.24, 2.45) is 0 Å². The maximum absolute atomic E-state index is 13.3. The monoisotopic (exact) mass is 423 g/mol.